The Balaban J connectivity index is -0.0000000150. The second-order valence-electron chi connectivity index (χ2n) is 0.250. The summed E-state index contributed by atoms with van der Waals surface area (Å²) in [4.78, 5) is 8.33. The van der Waals surface area contributed by atoms with Gasteiger partial charge in [0, 0.05) is 0 Å². The summed E-state index contributed by atoms with van der Waals surface area (Å²) in [6.45, 7) is 0. The van der Waals surface area contributed by atoms with Gasteiger partial charge in [-0.25, -0.2) is 0 Å². The number of hydrogen-bond donors (Lipinski definition) is 0. The number of hydrogen-bond acceptors (Lipinski definition) is 3. The van der Waals surface area contributed by atoms with Gasteiger partial charge in [-0.15, -0.1) is 0 Å². The number of carbonyl (C=O) groups excluding carboxylic acids is 1. The molecule has 6 heteroatoms. The third kappa shape index (κ3) is 109. The van der Waals surface area contributed by atoms with E-state index < -0.39 is 6.16 Å². The zero-order valence-electron chi connectivity index (χ0n) is 3.34. The van der Waals surface area contributed by atoms with E-state index in [1.165, 1.54) is 0 Å². The Kier molecular flexibility index (Phi) is 53.1. The molecule has 0 atom stereocenters. The van der Waals surface area contributed by atoms with E-state index in [9.17, 15) is 0 Å². The van der Waals surface area contributed by atoms with Crippen LogP contribution in [-0.2, 0) is 5.48 Å². The van der Waals surface area contributed by atoms with Gasteiger partial charge in [-0.2, -0.15) is 0 Å². The van der Waals surface area contributed by atoms with Gasteiger partial charge in [-0.05, 0) is 6.16 Å². The molecule has 0 heterocycles. The van der Waals surface area contributed by atoms with Crippen LogP contribution in [-0.4, -0.2) is 71.2 Å². The van der Waals surface area contributed by atoms with E-state index in [0.29, 0.717) is 0 Å². The van der Waals surface area contributed by atoms with Crippen molar-refractivity contribution >= 4 is 71.2 Å². The van der Waals surface area contributed by atoms with Gasteiger partial charge < -0.3 is 20.5 Å². The van der Waals surface area contributed by atoms with Crippen molar-refractivity contribution < 1.29 is 20.5 Å². The first-order valence-electron chi connectivity index (χ1n) is 0.612. The van der Waals surface area contributed by atoms with Gasteiger partial charge in [0.25, 0.3) is 0 Å². The van der Waals surface area contributed by atoms with Crippen molar-refractivity contribution in [2.24, 2.45) is 0 Å². The van der Waals surface area contributed by atoms with E-state index in [2.05, 4.69) is 0 Å². The molecule has 0 aliphatic heterocycles. The van der Waals surface area contributed by atoms with Crippen molar-refractivity contribution in [3.05, 3.63) is 0 Å². The zero-order valence-corrected chi connectivity index (χ0v) is 9.44. The molecule has 0 aromatic carbocycles. The fraction of sp³-hybridized carbons (Fsp3) is 0. The molecule has 0 rings (SSSR count). The van der Waals surface area contributed by atoms with Crippen molar-refractivity contribution in [2.45, 2.75) is 0 Å². The molecule has 0 aromatic heterocycles. The average Bonchev–Trinajstić information content (AvgIpc) is 0.811. The Labute approximate surface area is 90.4 Å². The van der Waals surface area contributed by atoms with Crippen molar-refractivity contribution in [3.63, 3.8) is 0 Å². The molecule has 0 amide bonds. The second-order valence-corrected chi connectivity index (χ2v) is 0.250. The van der Waals surface area contributed by atoms with E-state index in [1.54, 1.807) is 0 Å². The number of rotatable bonds is 0. The summed E-state index contributed by atoms with van der Waals surface area (Å²) in [5.74, 6) is 0. The molecule has 0 unspecified atom stereocenters. The van der Waals surface area contributed by atoms with E-state index in [-0.39, 0.29) is 70.5 Å². The van der Waals surface area contributed by atoms with Crippen LogP contribution < -0.4 is 10.2 Å². The maximum absolute atomic E-state index is 8.33. The summed E-state index contributed by atoms with van der Waals surface area (Å²) >= 11 is 0. The predicted octanol–water partition coefficient (Wildman–Crippen LogP) is -3.33. The molecule has 0 aliphatic carbocycles. The standard InChI is InChI=1S/CH2O3.Ca.O.Pb/c2-1(3)4;;;/h(H2,2,3,4);;;/q;+2;-2;+2/p-2. The Bertz CT molecular complexity index is 34.7. The van der Waals surface area contributed by atoms with Crippen LogP contribution in [0.4, 0.5) is 4.79 Å². The first kappa shape index (κ1) is 23.7. The van der Waals surface area contributed by atoms with Gasteiger partial charge in [-0.1, -0.05) is 0 Å². The van der Waals surface area contributed by atoms with Gasteiger partial charge in [0.05, 0.1) is 0 Å². The molecule has 7 heavy (non-hydrogen) atoms. The summed E-state index contributed by atoms with van der Waals surface area (Å²) in [6, 6.07) is 0. The van der Waals surface area contributed by atoms with Crippen LogP contribution in [0.3, 0.4) is 0 Å². The van der Waals surface area contributed by atoms with Crippen molar-refractivity contribution in [3.8, 4) is 0 Å². The van der Waals surface area contributed by atoms with Crippen LogP contribution in [0.1, 0.15) is 0 Å². The first-order valence-corrected chi connectivity index (χ1v) is 0.612. The summed E-state index contributed by atoms with van der Waals surface area (Å²) in [6.07, 6.45) is -2.33. The van der Waals surface area contributed by atoms with Crippen LogP contribution in [0.5, 0.6) is 0 Å². The summed E-state index contributed by atoms with van der Waals surface area (Å²) in [5.41, 5.74) is 0. The number of carbonyl (C=O) groups is 1. The quantitative estimate of drug-likeness (QED) is 0.437. The molecular weight excluding hydrogens is 323 g/mol. The Morgan fingerprint density at radius 1 is 1.29 bits per heavy atom. The van der Waals surface area contributed by atoms with Gasteiger partial charge in [0.15, 0.2) is 0 Å². The van der Waals surface area contributed by atoms with Gasteiger partial charge in [-0.3, -0.25) is 0 Å². The molecule has 0 aromatic rings. The summed E-state index contributed by atoms with van der Waals surface area (Å²) in [5, 5.41) is 16.7. The molecule has 0 N–H and O–H groups in total. The molecule has 0 saturated heterocycles. The van der Waals surface area contributed by atoms with Crippen molar-refractivity contribution in [1.82, 2.24) is 0 Å². The minimum Gasteiger partial charge on any atom is -2.00 e. The Hall–Kier alpha value is 1.41. The molecule has 34 valence electrons. The third-order valence-electron chi connectivity index (χ3n) is 0. The maximum Gasteiger partial charge on any atom is 2.00 e. The van der Waals surface area contributed by atoms with Crippen LogP contribution in [0.2, 0.25) is 0 Å². The van der Waals surface area contributed by atoms with E-state index in [0.717, 1.165) is 0 Å². The monoisotopic (exact) mass is 324 g/mol. The predicted molar refractivity (Wildman–Crippen MR) is 17.6 cm³/mol. The third-order valence-corrected chi connectivity index (χ3v) is 0. The molecule has 0 aliphatic rings. The fourth-order valence-electron chi connectivity index (χ4n) is 0. The molecule has 0 saturated carbocycles. The summed E-state index contributed by atoms with van der Waals surface area (Å²) in [7, 11) is 0. The van der Waals surface area contributed by atoms with Gasteiger partial charge >= 0.3 is 65.0 Å². The minimum absolute atomic E-state index is 0. The second kappa shape index (κ2) is 15.7. The molecular formula is CCaO4Pb. The topological polar surface area (TPSA) is 91.7 Å². The zero-order chi connectivity index (χ0) is 3.58. The molecule has 0 bridgehead atoms. The van der Waals surface area contributed by atoms with Crippen molar-refractivity contribution in [1.29, 1.82) is 0 Å². The SMILES string of the molecule is O=C([O-])[O-].[Ca+2].[O-2].[Pb+2]. The minimum atomic E-state index is -2.33. The van der Waals surface area contributed by atoms with Gasteiger partial charge in [0.2, 0.25) is 0 Å². The van der Waals surface area contributed by atoms with Crippen LogP contribution in [0, 0.1) is 0 Å². The van der Waals surface area contributed by atoms with E-state index >= 15 is 0 Å². The smallest absolute Gasteiger partial charge is 2.00 e. The largest absolute Gasteiger partial charge is 2.00 e. The molecule has 2 radical (unpaired) electrons. The Morgan fingerprint density at radius 2 is 1.29 bits per heavy atom. The van der Waals surface area contributed by atoms with E-state index in [1.807, 2.05) is 0 Å². The van der Waals surface area contributed by atoms with E-state index in [4.69, 9.17) is 15.0 Å². The normalized spacial score (nSPS) is 3.43. The Morgan fingerprint density at radius 3 is 1.29 bits per heavy atom. The molecule has 4 nitrogen and oxygen atoms in total. The number of carboxylic acid groups (broad SMARTS) is 2. The maximum atomic E-state index is 8.33. The summed E-state index contributed by atoms with van der Waals surface area (Å²) < 4.78 is 0. The van der Waals surface area contributed by atoms with Gasteiger partial charge in [0.1, 0.15) is 0 Å². The first-order chi connectivity index (χ1) is 1.73. The van der Waals surface area contributed by atoms with Crippen LogP contribution >= 0.6 is 0 Å². The fourth-order valence-corrected chi connectivity index (χ4v) is 0. The molecule has 0 spiro atoms. The van der Waals surface area contributed by atoms with Crippen molar-refractivity contribution in [2.75, 3.05) is 0 Å². The van der Waals surface area contributed by atoms with Crippen LogP contribution in [0.15, 0.2) is 0 Å². The molecule has 0 fully saturated rings. The van der Waals surface area contributed by atoms with Crippen LogP contribution in [0.25, 0.3) is 0 Å². The average molecular weight is 323 g/mol.